The fourth-order valence-electron chi connectivity index (χ4n) is 4.80. The molecule has 0 bridgehead atoms. The third-order valence-electron chi connectivity index (χ3n) is 7.02. The molecule has 1 atom stereocenters. The maximum Gasteiger partial charge on any atom is 0.178 e. The van der Waals surface area contributed by atoms with Gasteiger partial charge in [-0.05, 0) is 65.7 Å². The van der Waals surface area contributed by atoms with E-state index in [-0.39, 0.29) is 11.3 Å². The van der Waals surface area contributed by atoms with Crippen LogP contribution in [-0.2, 0) is 18.3 Å². The monoisotopic (exact) mass is 422 g/mol. The Hall–Kier alpha value is -1.94. The van der Waals surface area contributed by atoms with E-state index in [9.17, 15) is 15.3 Å². The third-order valence-corrected chi connectivity index (χ3v) is 7.02. The summed E-state index contributed by atoms with van der Waals surface area (Å²) in [7, 11) is 0. The largest absolute Gasteiger partial charge is 0.389 e. The Morgan fingerprint density at radius 1 is 0.968 bits per heavy atom. The molecular weight excluding hydrogens is 384 g/mol. The third kappa shape index (κ3) is 5.85. The van der Waals surface area contributed by atoms with Gasteiger partial charge in [0.1, 0.15) is 0 Å². The Balaban J connectivity index is 1.80. The predicted molar refractivity (Wildman–Crippen MR) is 128 cm³/mol. The second-order valence-corrected chi connectivity index (χ2v) is 9.46. The van der Waals surface area contributed by atoms with Crippen LogP contribution in [0.5, 0.6) is 0 Å². The number of aryl methyl sites for hydroxylation is 2. The van der Waals surface area contributed by atoms with Crippen molar-refractivity contribution >= 4 is 6.08 Å². The van der Waals surface area contributed by atoms with Crippen LogP contribution in [0.1, 0.15) is 87.0 Å². The van der Waals surface area contributed by atoms with Crippen molar-refractivity contribution in [1.82, 2.24) is 0 Å². The lowest BCUT2D eigenvalue weighted by Crippen LogP contribution is -2.23. The van der Waals surface area contributed by atoms with Gasteiger partial charge in [0.2, 0.25) is 0 Å². The van der Waals surface area contributed by atoms with Gasteiger partial charge in [-0.2, -0.15) is 0 Å². The molecule has 31 heavy (non-hydrogen) atoms. The molecule has 0 aromatic heterocycles. The maximum absolute atomic E-state index is 10.1. The van der Waals surface area contributed by atoms with E-state index in [1.54, 1.807) is 0 Å². The molecule has 3 nitrogen and oxygen atoms in total. The number of hydrogen-bond donors (Lipinski definition) is 3. The minimum atomic E-state index is -1.41. The Morgan fingerprint density at radius 3 is 2.23 bits per heavy atom. The molecular formula is C28H38O3. The number of rotatable bonds is 9. The zero-order valence-electron chi connectivity index (χ0n) is 19.2. The van der Waals surface area contributed by atoms with Crippen molar-refractivity contribution in [1.29, 1.82) is 0 Å². The molecule has 2 aromatic carbocycles. The molecule has 0 amide bonds. The molecule has 0 aliphatic heterocycles. The lowest BCUT2D eigenvalue weighted by Gasteiger charge is -2.31. The fraction of sp³-hybridized carbons (Fsp3) is 0.500. The van der Waals surface area contributed by atoms with E-state index in [0.29, 0.717) is 5.56 Å². The van der Waals surface area contributed by atoms with Gasteiger partial charge in [0.25, 0.3) is 0 Å². The average molecular weight is 423 g/mol. The highest BCUT2D eigenvalue weighted by Crippen LogP contribution is 2.45. The summed E-state index contributed by atoms with van der Waals surface area (Å²) < 4.78 is 0. The van der Waals surface area contributed by atoms with Crippen molar-refractivity contribution in [3.8, 4) is 0 Å². The molecule has 1 unspecified atom stereocenters. The maximum atomic E-state index is 10.1. The Labute approximate surface area is 187 Å². The van der Waals surface area contributed by atoms with Gasteiger partial charge in [-0.3, -0.25) is 0 Å². The summed E-state index contributed by atoms with van der Waals surface area (Å²) in [4.78, 5) is 0. The lowest BCUT2D eigenvalue weighted by molar-refractivity contribution is -0.0424. The van der Waals surface area contributed by atoms with Crippen molar-refractivity contribution in [3.63, 3.8) is 0 Å². The second kappa shape index (κ2) is 10.6. The Morgan fingerprint density at radius 2 is 1.65 bits per heavy atom. The summed E-state index contributed by atoms with van der Waals surface area (Å²) in [6.45, 7) is 6.26. The quantitative estimate of drug-likeness (QED) is 0.454. The highest BCUT2D eigenvalue weighted by molar-refractivity contribution is 5.56. The Bertz CT molecular complexity index is 858. The van der Waals surface area contributed by atoms with Gasteiger partial charge < -0.3 is 15.3 Å². The van der Waals surface area contributed by atoms with Gasteiger partial charge in [0.15, 0.2) is 6.29 Å². The molecule has 3 N–H and O–H groups in total. The van der Waals surface area contributed by atoms with E-state index in [1.165, 1.54) is 47.9 Å². The van der Waals surface area contributed by atoms with Crippen LogP contribution in [-0.4, -0.2) is 21.4 Å². The van der Waals surface area contributed by atoms with Crippen LogP contribution in [0.4, 0.5) is 0 Å². The molecule has 0 saturated heterocycles. The number of aliphatic hydroxyl groups is 3. The molecule has 1 saturated carbocycles. The predicted octanol–water partition coefficient (Wildman–Crippen LogP) is 5.71. The smallest absolute Gasteiger partial charge is 0.178 e. The normalized spacial score (nSPS) is 17.2. The van der Waals surface area contributed by atoms with Gasteiger partial charge in [-0.1, -0.05) is 88.2 Å². The average Bonchev–Trinajstić information content (AvgIpc) is 3.26. The molecule has 0 spiro atoms. The van der Waals surface area contributed by atoms with E-state index < -0.39 is 12.4 Å². The van der Waals surface area contributed by atoms with Gasteiger partial charge in [0, 0.05) is 5.56 Å². The highest BCUT2D eigenvalue weighted by atomic mass is 16.5. The van der Waals surface area contributed by atoms with Crippen molar-refractivity contribution in [2.45, 2.75) is 83.5 Å². The van der Waals surface area contributed by atoms with Crippen LogP contribution in [0, 0.1) is 5.92 Å². The second-order valence-electron chi connectivity index (χ2n) is 9.46. The van der Waals surface area contributed by atoms with Crippen LogP contribution in [0.3, 0.4) is 0 Å². The summed E-state index contributed by atoms with van der Waals surface area (Å²) in [5.74, 6) is 0.220. The van der Waals surface area contributed by atoms with E-state index in [1.807, 2.05) is 44.2 Å². The van der Waals surface area contributed by atoms with Crippen molar-refractivity contribution < 1.29 is 15.3 Å². The van der Waals surface area contributed by atoms with Crippen LogP contribution < -0.4 is 0 Å². The first-order chi connectivity index (χ1) is 14.8. The summed E-state index contributed by atoms with van der Waals surface area (Å²) in [6.07, 6.45) is 10.3. The molecule has 1 aliphatic carbocycles. The molecule has 168 valence electrons. The summed E-state index contributed by atoms with van der Waals surface area (Å²) in [6, 6.07) is 14.6. The number of benzene rings is 2. The van der Waals surface area contributed by atoms with Crippen molar-refractivity contribution in [3.05, 3.63) is 76.4 Å². The molecule has 1 aliphatic rings. The summed E-state index contributed by atoms with van der Waals surface area (Å²) >= 11 is 0. The zero-order chi connectivity index (χ0) is 22.4. The van der Waals surface area contributed by atoms with Crippen LogP contribution in [0.2, 0.25) is 0 Å². The number of aliphatic hydroxyl groups excluding tert-OH is 2. The van der Waals surface area contributed by atoms with Crippen molar-refractivity contribution in [2.75, 3.05) is 0 Å². The molecule has 0 radical (unpaired) electrons. The first-order valence-corrected chi connectivity index (χ1v) is 11.8. The molecule has 1 fully saturated rings. The first kappa shape index (κ1) is 23.7. The molecule has 3 rings (SSSR count). The van der Waals surface area contributed by atoms with E-state index in [2.05, 4.69) is 31.2 Å². The van der Waals surface area contributed by atoms with E-state index >= 15 is 0 Å². The van der Waals surface area contributed by atoms with Crippen LogP contribution >= 0.6 is 0 Å². The van der Waals surface area contributed by atoms with Crippen LogP contribution in [0.15, 0.2) is 48.5 Å². The van der Waals surface area contributed by atoms with E-state index in [4.69, 9.17) is 0 Å². The van der Waals surface area contributed by atoms with Gasteiger partial charge in [-0.25, -0.2) is 0 Å². The number of hydrogen-bond acceptors (Lipinski definition) is 3. The molecule has 2 aromatic rings. The molecule has 0 heterocycles. The minimum absolute atomic E-state index is 0.220. The van der Waals surface area contributed by atoms with Gasteiger partial charge in [0.05, 0.1) is 6.10 Å². The fourth-order valence-corrected chi connectivity index (χ4v) is 4.80. The van der Waals surface area contributed by atoms with Crippen LogP contribution in [0.25, 0.3) is 6.08 Å². The zero-order valence-corrected chi connectivity index (χ0v) is 19.2. The molecule has 3 heteroatoms. The Kier molecular flexibility index (Phi) is 8.10. The summed E-state index contributed by atoms with van der Waals surface area (Å²) in [5, 5.41) is 28.8. The SMILES string of the molecule is CCc1cc(C2(CCc3ccc(C(O)O)cc3)CCCC2)ccc1C=CC(O)C(C)C. The topological polar surface area (TPSA) is 60.7 Å². The first-order valence-electron chi connectivity index (χ1n) is 11.8. The lowest BCUT2D eigenvalue weighted by atomic mass is 9.73. The minimum Gasteiger partial charge on any atom is -0.389 e. The highest BCUT2D eigenvalue weighted by Gasteiger charge is 2.35. The van der Waals surface area contributed by atoms with Crippen molar-refractivity contribution in [2.24, 2.45) is 5.92 Å². The van der Waals surface area contributed by atoms with E-state index in [0.717, 1.165) is 19.3 Å². The summed E-state index contributed by atoms with van der Waals surface area (Å²) in [5.41, 5.74) is 6.01. The van der Waals surface area contributed by atoms with Gasteiger partial charge in [-0.15, -0.1) is 0 Å². The standard InChI is InChI=1S/C28H38O3/c1-4-22-19-25(13-11-23(22)12-14-26(29)20(2)3)28(16-5-6-17-28)18-15-21-7-9-24(10-8-21)27(30)31/h7-14,19-20,26-27,29-31H,4-6,15-18H2,1-3H3. The van der Waals surface area contributed by atoms with Gasteiger partial charge >= 0.3 is 0 Å².